The molecule has 2 aromatic rings. The van der Waals surface area contributed by atoms with E-state index in [1.54, 1.807) is 18.2 Å². The molecule has 29 heavy (non-hydrogen) atoms. The van der Waals surface area contributed by atoms with Crippen molar-refractivity contribution in [2.45, 2.75) is 17.9 Å². The van der Waals surface area contributed by atoms with Gasteiger partial charge in [0, 0.05) is 18.8 Å². The minimum atomic E-state index is -3.89. The number of likely N-dealkylation sites (N-methyl/N-ethyl adjacent to an activating group) is 1. The molecule has 0 saturated carbocycles. The highest BCUT2D eigenvalue weighted by Gasteiger charge is 2.22. The van der Waals surface area contributed by atoms with Gasteiger partial charge in [-0.3, -0.25) is 9.59 Å². The molecule has 0 radical (unpaired) electrons. The summed E-state index contributed by atoms with van der Waals surface area (Å²) in [5.41, 5.74) is 0.403. The molecule has 0 unspecified atom stereocenters. The summed E-state index contributed by atoms with van der Waals surface area (Å²) in [6, 6.07) is 11.2. The van der Waals surface area contributed by atoms with Gasteiger partial charge in [-0.15, -0.1) is 0 Å². The number of methoxy groups -OCH3 is 1. The molecule has 3 N–H and O–H groups in total. The van der Waals surface area contributed by atoms with E-state index in [9.17, 15) is 18.0 Å². The zero-order valence-corrected chi connectivity index (χ0v) is 17.1. The standard InChI is InChI=1S/C19H23N3O6S/c1-13(22-29(25,26)17-9-7-15(27-3)8-10-17)19(24)21-14-5-4-6-16(11-14)28-12-18(23)20-2/h4-11,13,22H,12H2,1-3H3,(H,20,23)(H,21,24)/t13-/m0/s1. The van der Waals surface area contributed by atoms with Crippen LogP contribution in [-0.4, -0.2) is 47.0 Å². The molecule has 156 valence electrons. The highest BCUT2D eigenvalue weighted by Crippen LogP contribution is 2.18. The molecule has 2 amide bonds. The summed E-state index contributed by atoms with van der Waals surface area (Å²) in [6.45, 7) is 1.27. The first kappa shape index (κ1) is 22.2. The Kier molecular flexibility index (Phi) is 7.57. The fourth-order valence-corrected chi connectivity index (χ4v) is 3.45. The monoisotopic (exact) mass is 421 g/mol. The molecule has 0 heterocycles. The maximum Gasteiger partial charge on any atom is 0.257 e. The van der Waals surface area contributed by atoms with Crippen molar-refractivity contribution in [2.24, 2.45) is 0 Å². The number of hydrogen-bond acceptors (Lipinski definition) is 6. The van der Waals surface area contributed by atoms with Crippen molar-refractivity contribution in [1.82, 2.24) is 10.0 Å². The topological polar surface area (TPSA) is 123 Å². The summed E-state index contributed by atoms with van der Waals surface area (Å²) in [7, 11) is -0.911. The van der Waals surface area contributed by atoms with E-state index in [0.717, 1.165) is 0 Å². The molecule has 0 aliphatic rings. The zero-order valence-electron chi connectivity index (χ0n) is 16.3. The van der Waals surface area contributed by atoms with Crippen molar-refractivity contribution in [3.8, 4) is 11.5 Å². The maximum atomic E-state index is 12.4. The number of nitrogens with one attached hydrogen (secondary N) is 3. The van der Waals surface area contributed by atoms with E-state index in [1.807, 2.05) is 0 Å². The number of anilines is 1. The van der Waals surface area contributed by atoms with E-state index < -0.39 is 22.0 Å². The first-order valence-corrected chi connectivity index (χ1v) is 10.1. The fourth-order valence-electron chi connectivity index (χ4n) is 2.24. The molecule has 0 fully saturated rings. The highest BCUT2D eigenvalue weighted by atomic mass is 32.2. The van der Waals surface area contributed by atoms with Crippen LogP contribution in [0.5, 0.6) is 11.5 Å². The van der Waals surface area contributed by atoms with Crippen molar-refractivity contribution in [3.05, 3.63) is 48.5 Å². The van der Waals surface area contributed by atoms with Crippen molar-refractivity contribution in [1.29, 1.82) is 0 Å². The van der Waals surface area contributed by atoms with Crippen LogP contribution in [0.15, 0.2) is 53.4 Å². The van der Waals surface area contributed by atoms with Gasteiger partial charge in [-0.1, -0.05) is 6.07 Å². The van der Waals surface area contributed by atoms with Crippen molar-refractivity contribution >= 4 is 27.5 Å². The number of sulfonamides is 1. The molecule has 1 atom stereocenters. The molecule has 2 rings (SSSR count). The normalized spacial score (nSPS) is 12.0. The van der Waals surface area contributed by atoms with Crippen LogP contribution >= 0.6 is 0 Å². The molecule has 0 saturated heterocycles. The molecule has 9 nitrogen and oxygen atoms in total. The summed E-state index contributed by atoms with van der Waals surface area (Å²) < 4.78 is 37.5. The van der Waals surface area contributed by atoms with E-state index in [2.05, 4.69) is 15.4 Å². The minimum Gasteiger partial charge on any atom is -0.497 e. The number of carbonyl (C=O) groups is 2. The van der Waals surface area contributed by atoms with Gasteiger partial charge < -0.3 is 20.1 Å². The lowest BCUT2D eigenvalue weighted by molar-refractivity contribution is -0.122. The molecule has 10 heteroatoms. The Morgan fingerprint density at radius 2 is 1.76 bits per heavy atom. The zero-order chi connectivity index (χ0) is 21.4. The Hall–Kier alpha value is -3.11. The lowest BCUT2D eigenvalue weighted by Crippen LogP contribution is -2.41. The van der Waals surface area contributed by atoms with Gasteiger partial charge in [0.15, 0.2) is 6.61 Å². The lowest BCUT2D eigenvalue weighted by atomic mass is 10.2. The highest BCUT2D eigenvalue weighted by molar-refractivity contribution is 7.89. The molecule has 0 aliphatic carbocycles. The molecular formula is C19H23N3O6S. The average Bonchev–Trinajstić information content (AvgIpc) is 2.71. The van der Waals surface area contributed by atoms with Gasteiger partial charge in [-0.25, -0.2) is 8.42 Å². The smallest absolute Gasteiger partial charge is 0.257 e. The number of rotatable bonds is 9. The van der Waals surface area contributed by atoms with Crippen LogP contribution in [0.1, 0.15) is 6.92 Å². The predicted molar refractivity (Wildman–Crippen MR) is 107 cm³/mol. The van der Waals surface area contributed by atoms with Gasteiger partial charge in [0.25, 0.3) is 5.91 Å². The van der Waals surface area contributed by atoms with E-state index in [4.69, 9.17) is 9.47 Å². The van der Waals surface area contributed by atoms with Crippen LogP contribution in [0, 0.1) is 0 Å². The average molecular weight is 421 g/mol. The summed E-state index contributed by atoms with van der Waals surface area (Å²) in [4.78, 5) is 23.6. The van der Waals surface area contributed by atoms with E-state index in [1.165, 1.54) is 51.4 Å². The van der Waals surface area contributed by atoms with Crippen LogP contribution in [0.2, 0.25) is 0 Å². The van der Waals surface area contributed by atoms with Crippen LogP contribution in [0.3, 0.4) is 0 Å². The second-order valence-corrected chi connectivity index (χ2v) is 7.71. The van der Waals surface area contributed by atoms with Crippen LogP contribution in [0.4, 0.5) is 5.69 Å². The number of ether oxygens (including phenoxy) is 2. The van der Waals surface area contributed by atoms with Gasteiger partial charge in [-0.05, 0) is 43.3 Å². The molecule has 0 spiro atoms. The van der Waals surface area contributed by atoms with Gasteiger partial charge in [0.2, 0.25) is 15.9 Å². The van der Waals surface area contributed by atoms with Gasteiger partial charge >= 0.3 is 0 Å². The van der Waals surface area contributed by atoms with Crippen molar-refractivity contribution in [2.75, 3.05) is 26.1 Å². The Balaban J connectivity index is 2.00. The quantitative estimate of drug-likeness (QED) is 0.558. The Labute approximate surface area is 169 Å². The third kappa shape index (κ3) is 6.47. The molecular weight excluding hydrogens is 398 g/mol. The number of hydrogen-bond donors (Lipinski definition) is 3. The largest absolute Gasteiger partial charge is 0.497 e. The first-order valence-electron chi connectivity index (χ1n) is 8.66. The summed E-state index contributed by atoms with van der Waals surface area (Å²) in [5, 5.41) is 5.04. The number of carbonyl (C=O) groups excluding carboxylic acids is 2. The second kappa shape index (κ2) is 9.89. The van der Waals surface area contributed by atoms with Gasteiger partial charge in [-0.2, -0.15) is 4.72 Å². The molecule has 0 aromatic heterocycles. The molecule has 0 aliphatic heterocycles. The van der Waals surface area contributed by atoms with Crippen LogP contribution < -0.4 is 24.8 Å². The van der Waals surface area contributed by atoms with Crippen LogP contribution in [-0.2, 0) is 19.6 Å². The van der Waals surface area contributed by atoms with Gasteiger partial charge in [0.05, 0.1) is 18.0 Å². The van der Waals surface area contributed by atoms with Gasteiger partial charge in [0.1, 0.15) is 11.5 Å². The molecule has 2 aromatic carbocycles. The number of amides is 2. The van der Waals surface area contributed by atoms with E-state index in [-0.39, 0.29) is 17.4 Å². The maximum absolute atomic E-state index is 12.4. The van der Waals surface area contributed by atoms with Crippen LogP contribution in [0.25, 0.3) is 0 Å². The Bertz CT molecular complexity index is 960. The SMILES string of the molecule is CNC(=O)COc1cccc(NC(=O)[C@H](C)NS(=O)(=O)c2ccc(OC)cc2)c1. The summed E-state index contributed by atoms with van der Waals surface area (Å²) >= 11 is 0. The second-order valence-electron chi connectivity index (χ2n) is 6.00. The third-order valence-corrected chi connectivity index (χ3v) is 5.40. The minimum absolute atomic E-state index is 0.0162. The lowest BCUT2D eigenvalue weighted by Gasteiger charge is -2.15. The van der Waals surface area contributed by atoms with E-state index >= 15 is 0 Å². The third-order valence-electron chi connectivity index (χ3n) is 3.85. The molecule has 0 bridgehead atoms. The predicted octanol–water partition coefficient (Wildman–Crippen LogP) is 1.13. The first-order chi connectivity index (χ1) is 13.7. The Morgan fingerprint density at radius 3 is 2.38 bits per heavy atom. The van der Waals surface area contributed by atoms with Crippen molar-refractivity contribution in [3.63, 3.8) is 0 Å². The summed E-state index contributed by atoms with van der Waals surface area (Å²) in [5.74, 6) is 0.0673. The fraction of sp³-hybridized carbons (Fsp3) is 0.263. The van der Waals surface area contributed by atoms with E-state index in [0.29, 0.717) is 17.2 Å². The van der Waals surface area contributed by atoms with Crippen molar-refractivity contribution < 1.29 is 27.5 Å². The Morgan fingerprint density at radius 1 is 1.07 bits per heavy atom. The number of benzene rings is 2. The summed E-state index contributed by atoms with van der Waals surface area (Å²) in [6.07, 6.45) is 0.